The van der Waals surface area contributed by atoms with Crippen LogP contribution in [0.4, 0.5) is 0 Å². The zero-order valence-electron chi connectivity index (χ0n) is 29.4. The van der Waals surface area contributed by atoms with E-state index in [0.29, 0.717) is 6.42 Å². The number of carbonyl (C=O) groups excluding carboxylic acids is 1. The van der Waals surface area contributed by atoms with Crippen molar-refractivity contribution in [1.29, 1.82) is 0 Å². The molecule has 3 N–H and O–H groups in total. The number of carbonyl (C=O) groups is 1. The molecule has 0 fully saturated rings. The fourth-order valence-corrected chi connectivity index (χ4v) is 5.98. The number of nitrogens with two attached hydrogens (primary N) is 1. The number of hydrogen-bond acceptors (Lipinski definition) is 7. The Kier molecular flexibility index (Phi) is 33.7. The van der Waals surface area contributed by atoms with E-state index in [4.69, 9.17) is 24.3 Å². The molecule has 0 radical (unpaired) electrons. The molecule has 0 amide bonds. The van der Waals surface area contributed by atoms with E-state index in [0.717, 1.165) is 32.1 Å². The first-order chi connectivity index (χ1) is 21.9. The first-order valence-electron chi connectivity index (χ1n) is 18.7. The predicted octanol–water partition coefficient (Wildman–Crippen LogP) is 10.7. The van der Waals surface area contributed by atoms with Gasteiger partial charge in [0.25, 0.3) is 0 Å². The van der Waals surface area contributed by atoms with Gasteiger partial charge < -0.3 is 20.1 Å². The van der Waals surface area contributed by atoms with Gasteiger partial charge in [0.2, 0.25) is 0 Å². The minimum absolute atomic E-state index is 0.0586. The standard InChI is InChI=1S/C36H72NO7P/c1-3-5-7-9-11-13-15-17-18-20-22-24-26-28-31-41-35(34-44-45(39,40)43-32-30-37)33-42-36(38)29-27-25-23-21-19-16-14-12-10-8-6-4-2/h28,31,35H,3-27,29-30,32-34,37H2,1-2H3,(H,39,40)/b31-28-/t35-/m1/s1. The Balaban J connectivity index is 4.13. The Morgan fingerprint density at radius 3 is 1.58 bits per heavy atom. The summed E-state index contributed by atoms with van der Waals surface area (Å²) in [7, 11) is -4.25. The lowest BCUT2D eigenvalue weighted by Gasteiger charge is -2.19. The molecule has 0 bridgehead atoms. The molecule has 0 aromatic carbocycles. The van der Waals surface area contributed by atoms with Crippen molar-refractivity contribution in [2.45, 2.75) is 187 Å². The Bertz CT molecular complexity index is 707. The molecule has 0 spiro atoms. The third kappa shape index (κ3) is 34.2. The first-order valence-corrected chi connectivity index (χ1v) is 20.2. The largest absolute Gasteiger partial charge is 0.492 e. The summed E-state index contributed by atoms with van der Waals surface area (Å²) in [6.07, 6.45) is 34.6. The van der Waals surface area contributed by atoms with Crippen LogP contribution in [-0.4, -0.2) is 43.3 Å². The summed E-state index contributed by atoms with van der Waals surface area (Å²) in [6, 6.07) is 0. The van der Waals surface area contributed by atoms with Gasteiger partial charge in [-0.05, 0) is 25.3 Å². The van der Waals surface area contributed by atoms with E-state index in [-0.39, 0.29) is 32.3 Å². The van der Waals surface area contributed by atoms with Crippen molar-refractivity contribution in [2.75, 3.05) is 26.4 Å². The summed E-state index contributed by atoms with van der Waals surface area (Å²) in [5.41, 5.74) is 5.34. The average molecular weight is 662 g/mol. The smallest absolute Gasteiger partial charge is 0.472 e. The quantitative estimate of drug-likeness (QED) is 0.0295. The van der Waals surface area contributed by atoms with Crippen molar-refractivity contribution < 1.29 is 32.8 Å². The molecule has 0 heterocycles. The van der Waals surface area contributed by atoms with Gasteiger partial charge in [-0.3, -0.25) is 13.8 Å². The third-order valence-electron chi connectivity index (χ3n) is 8.05. The van der Waals surface area contributed by atoms with Crippen molar-refractivity contribution in [3.05, 3.63) is 12.3 Å². The summed E-state index contributed by atoms with van der Waals surface area (Å²) >= 11 is 0. The van der Waals surface area contributed by atoms with Gasteiger partial charge in [-0.2, -0.15) is 0 Å². The lowest BCUT2D eigenvalue weighted by molar-refractivity contribution is -0.147. The van der Waals surface area contributed by atoms with E-state index in [1.54, 1.807) is 6.26 Å². The molecule has 9 heteroatoms. The maximum Gasteiger partial charge on any atom is 0.472 e. The molecule has 2 atom stereocenters. The van der Waals surface area contributed by atoms with Gasteiger partial charge in [-0.1, -0.05) is 155 Å². The molecule has 1 unspecified atom stereocenters. The summed E-state index contributed by atoms with van der Waals surface area (Å²) in [4.78, 5) is 22.1. The maximum atomic E-state index is 12.3. The lowest BCUT2D eigenvalue weighted by atomic mass is 10.0. The molecule has 0 aliphatic carbocycles. The highest BCUT2D eigenvalue weighted by molar-refractivity contribution is 7.47. The Morgan fingerprint density at radius 1 is 0.667 bits per heavy atom. The summed E-state index contributed by atoms with van der Waals surface area (Å²) in [5, 5.41) is 0. The van der Waals surface area contributed by atoms with Crippen LogP contribution in [0.1, 0.15) is 181 Å². The SMILES string of the molecule is CCCCCCCCCCCCCC/C=C\O[C@H](COC(=O)CCCCCCCCCCCCCC)COP(=O)(O)OCCN. The zero-order valence-corrected chi connectivity index (χ0v) is 30.3. The van der Waals surface area contributed by atoms with E-state index in [1.165, 1.54) is 128 Å². The lowest BCUT2D eigenvalue weighted by Crippen LogP contribution is -2.25. The summed E-state index contributed by atoms with van der Waals surface area (Å²) in [6.45, 7) is 4.22. The van der Waals surface area contributed by atoms with E-state index >= 15 is 0 Å². The molecule has 0 aliphatic heterocycles. The van der Waals surface area contributed by atoms with Gasteiger partial charge in [-0.15, -0.1) is 0 Å². The van der Waals surface area contributed by atoms with Crippen LogP contribution in [-0.2, 0) is 27.9 Å². The second-order valence-corrected chi connectivity index (χ2v) is 14.0. The highest BCUT2D eigenvalue weighted by Gasteiger charge is 2.24. The van der Waals surface area contributed by atoms with Gasteiger partial charge in [0, 0.05) is 13.0 Å². The van der Waals surface area contributed by atoms with Crippen molar-refractivity contribution in [1.82, 2.24) is 0 Å². The van der Waals surface area contributed by atoms with Crippen molar-refractivity contribution in [3.63, 3.8) is 0 Å². The predicted molar refractivity (Wildman–Crippen MR) is 187 cm³/mol. The average Bonchev–Trinajstić information content (AvgIpc) is 3.03. The first kappa shape index (κ1) is 44.1. The second kappa shape index (κ2) is 34.4. The Morgan fingerprint density at radius 2 is 1.11 bits per heavy atom. The highest BCUT2D eigenvalue weighted by atomic mass is 31.2. The van der Waals surface area contributed by atoms with Crippen molar-refractivity contribution >= 4 is 13.8 Å². The molecule has 45 heavy (non-hydrogen) atoms. The zero-order chi connectivity index (χ0) is 33.1. The maximum absolute atomic E-state index is 12.3. The van der Waals surface area contributed by atoms with E-state index in [9.17, 15) is 14.3 Å². The van der Waals surface area contributed by atoms with Crippen LogP contribution in [0, 0.1) is 0 Å². The number of allylic oxidation sites excluding steroid dienone is 1. The van der Waals surface area contributed by atoms with Crippen molar-refractivity contribution in [2.24, 2.45) is 5.73 Å². The van der Waals surface area contributed by atoms with E-state index < -0.39 is 13.9 Å². The molecule has 0 aliphatic rings. The van der Waals surface area contributed by atoms with Gasteiger partial charge in [-0.25, -0.2) is 4.57 Å². The Labute approximate surface area is 277 Å². The Hall–Kier alpha value is -0.920. The van der Waals surface area contributed by atoms with Crippen LogP contribution >= 0.6 is 7.82 Å². The number of phosphoric ester groups is 1. The molecule has 0 aromatic heterocycles. The summed E-state index contributed by atoms with van der Waals surface area (Å²) in [5.74, 6) is -0.289. The number of ether oxygens (including phenoxy) is 2. The van der Waals surface area contributed by atoms with Crippen LogP contribution in [0.3, 0.4) is 0 Å². The van der Waals surface area contributed by atoms with Crippen LogP contribution in [0.2, 0.25) is 0 Å². The molecular weight excluding hydrogens is 589 g/mol. The molecule has 0 saturated carbocycles. The van der Waals surface area contributed by atoms with Gasteiger partial charge >= 0.3 is 13.8 Å². The monoisotopic (exact) mass is 662 g/mol. The topological polar surface area (TPSA) is 117 Å². The number of phosphoric acid groups is 1. The number of rotatable bonds is 36. The minimum Gasteiger partial charge on any atom is -0.492 e. The van der Waals surface area contributed by atoms with Crippen LogP contribution in [0.15, 0.2) is 12.3 Å². The molecule has 268 valence electrons. The van der Waals surface area contributed by atoms with E-state index in [2.05, 4.69) is 13.8 Å². The summed E-state index contributed by atoms with van der Waals surface area (Å²) < 4.78 is 33.0. The highest BCUT2D eigenvalue weighted by Crippen LogP contribution is 2.43. The van der Waals surface area contributed by atoms with Gasteiger partial charge in [0.1, 0.15) is 6.61 Å². The minimum atomic E-state index is -4.25. The van der Waals surface area contributed by atoms with Crippen LogP contribution < -0.4 is 5.73 Å². The fourth-order valence-electron chi connectivity index (χ4n) is 5.22. The molecule has 8 nitrogen and oxygen atoms in total. The van der Waals surface area contributed by atoms with Gasteiger partial charge in [0.05, 0.1) is 19.5 Å². The number of unbranched alkanes of at least 4 members (excludes halogenated alkanes) is 23. The van der Waals surface area contributed by atoms with Crippen molar-refractivity contribution in [3.8, 4) is 0 Å². The normalized spacial score (nSPS) is 13.7. The molecular formula is C36H72NO7P. The van der Waals surface area contributed by atoms with Gasteiger partial charge in [0.15, 0.2) is 6.10 Å². The number of esters is 1. The molecule has 0 aromatic rings. The fraction of sp³-hybridized carbons (Fsp3) is 0.917. The van der Waals surface area contributed by atoms with Crippen LogP contribution in [0.25, 0.3) is 0 Å². The second-order valence-electron chi connectivity index (χ2n) is 12.5. The van der Waals surface area contributed by atoms with E-state index in [1.807, 2.05) is 6.08 Å². The molecule has 0 saturated heterocycles. The number of hydrogen-bond donors (Lipinski definition) is 2. The molecule has 0 rings (SSSR count). The third-order valence-corrected chi connectivity index (χ3v) is 9.04. The van der Waals surface area contributed by atoms with Crippen LogP contribution in [0.5, 0.6) is 0 Å².